The molecule has 116 valence electrons. The number of amides is 2. The van der Waals surface area contributed by atoms with E-state index in [1.165, 1.54) is 4.90 Å². The number of rotatable bonds is 3. The van der Waals surface area contributed by atoms with Gasteiger partial charge in [0.05, 0.1) is 11.4 Å². The summed E-state index contributed by atoms with van der Waals surface area (Å²) in [7, 11) is 0. The van der Waals surface area contributed by atoms with E-state index in [0.717, 1.165) is 28.5 Å². The average Bonchev–Trinajstić information content (AvgIpc) is 2.77. The van der Waals surface area contributed by atoms with Crippen molar-refractivity contribution in [2.75, 3.05) is 0 Å². The third kappa shape index (κ3) is 3.49. The molecule has 1 aliphatic rings. The van der Waals surface area contributed by atoms with Crippen LogP contribution in [0.25, 0.3) is 6.08 Å². The van der Waals surface area contributed by atoms with E-state index in [-0.39, 0.29) is 17.7 Å². The molecule has 0 N–H and O–H groups in total. The summed E-state index contributed by atoms with van der Waals surface area (Å²) in [5.41, 5.74) is 2.77. The zero-order valence-electron chi connectivity index (χ0n) is 12.5. The maximum absolute atomic E-state index is 12.5. The Morgan fingerprint density at radius 1 is 1.13 bits per heavy atom. The van der Waals surface area contributed by atoms with Crippen molar-refractivity contribution >= 4 is 40.6 Å². The van der Waals surface area contributed by atoms with Gasteiger partial charge in [-0.25, -0.2) is 0 Å². The van der Waals surface area contributed by atoms with E-state index < -0.39 is 0 Å². The molecule has 2 aromatic rings. The van der Waals surface area contributed by atoms with Crippen molar-refractivity contribution < 1.29 is 9.59 Å². The Hall–Kier alpha value is -2.04. The van der Waals surface area contributed by atoms with Gasteiger partial charge < -0.3 is 0 Å². The highest BCUT2D eigenvalue weighted by molar-refractivity contribution is 8.18. The van der Waals surface area contributed by atoms with Crippen LogP contribution in [0.3, 0.4) is 0 Å². The zero-order chi connectivity index (χ0) is 16.4. The highest BCUT2D eigenvalue weighted by Gasteiger charge is 2.35. The Morgan fingerprint density at radius 2 is 1.91 bits per heavy atom. The molecule has 0 atom stereocenters. The first-order valence-electron chi connectivity index (χ1n) is 7.10. The van der Waals surface area contributed by atoms with Crippen LogP contribution in [0.4, 0.5) is 4.79 Å². The van der Waals surface area contributed by atoms with Crippen molar-refractivity contribution in [1.29, 1.82) is 0 Å². The van der Waals surface area contributed by atoms with Crippen LogP contribution in [0.2, 0.25) is 5.02 Å². The monoisotopic (exact) mass is 343 g/mol. The van der Waals surface area contributed by atoms with Gasteiger partial charge in [0.1, 0.15) is 0 Å². The van der Waals surface area contributed by atoms with Gasteiger partial charge in [-0.15, -0.1) is 0 Å². The molecule has 2 aromatic carbocycles. The Balaban J connectivity index is 1.84. The summed E-state index contributed by atoms with van der Waals surface area (Å²) in [5, 5.41) is 0.299. The number of carbonyl (C=O) groups excluding carboxylic acids is 2. The van der Waals surface area contributed by atoms with E-state index in [1.54, 1.807) is 12.1 Å². The number of hydrogen-bond donors (Lipinski definition) is 0. The lowest BCUT2D eigenvalue weighted by Crippen LogP contribution is -2.27. The number of aryl methyl sites for hydroxylation is 1. The standard InChI is InChI=1S/C18H14ClNO2S/c1-12-5-4-6-13(9-12)11-20-17(21)16(23-18(20)22)10-14-7-2-3-8-15(14)19/h2-10H,11H2,1H3/b16-10+. The summed E-state index contributed by atoms with van der Waals surface area (Å²) in [6, 6.07) is 15.0. The smallest absolute Gasteiger partial charge is 0.268 e. The average molecular weight is 344 g/mol. The van der Waals surface area contributed by atoms with Crippen LogP contribution in [0, 0.1) is 6.92 Å². The molecule has 23 heavy (non-hydrogen) atoms. The third-order valence-corrected chi connectivity index (χ3v) is 4.74. The van der Waals surface area contributed by atoms with Gasteiger partial charge in [-0.1, -0.05) is 59.6 Å². The van der Waals surface area contributed by atoms with Crippen molar-refractivity contribution in [2.24, 2.45) is 0 Å². The molecule has 0 radical (unpaired) electrons. The van der Waals surface area contributed by atoms with Gasteiger partial charge in [-0.3, -0.25) is 14.5 Å². The van der Waals surface area contributed by atoms with Crippen LogP contribution < -0.4 is 0 Å². The van der Waals surface area contributed by atoms with E-state index >= 15 is 0 Å². The first-order valence-corrected chi connectivity index (χ1v) is 8.29. The van der Waals surface area contributed by atoms with Gasteiger partial charge in [-0.05, 0) is 42.0 Å². The summed E-state index contributed by atoms with van der Waals surface area (Å²) < 4.78 is 0. The number of imide groups is 1. The lowest BCUT2D eigenvalue weighted by molar-refractivity contribution is -0.123. The van der Waals surface area contributed by atoms with Gasteiger partial charge in [0.15, 0.2) is 0 Å². The molecule has 2 amide bonds. The summed E-state index contributed by atoms with van der Waals surface area (Å²) in [6.45, 7) is 2.26. The van der Waals surface area contributed by atoms with Crippen LogP contribution >= 0.6 is 23.4 Å². The summed E-state index contributed by atoms with van der Waals surface area (Å²) >= 11 is 7.06. The zero-order valence-corrected chi connectivity index (χ0v) is 14.0. The molecule has 0 spiro atoms. The van der Waals surface area contributed by atoms with Gasteiger partial charge in [0.25, 0.3) is 11.1 Å². The molecule has 1 aliphatic heterocycles. The van der Waals surface area contributed by atoms with E-state index in [0.29, 0.717) is 9.93 Å². The molecule has 0 aromatic heterocycles. The first kappa shape index (κ1) is 15.8. The van der Waals surface area contributed by atoms with Crippen molar-refractivity contribution in [2.45, 2.75) is 13.5 Å². The van der Waals surface area contributed by atoms with Crippen molar-refractivity contribution in [3.63, 3.8) is 0 Å². The Bertz CT molecular complexity index is 816. The molecule has 1 saturated heterocycles. The topological polar surface area (TPSA) is 37.4 Å². The predicted molar refractivity (Wildman–Crippen MR) is 94.1 cm³/mol. The second kappa shape index (κ2) is 6.60. The Kier molecular flexibility index (Phi) is 4.55. The minimum absolute atomic E-state index is 0.255. The largest absolute Gasteiger partial charge is 0.293 e. The molecule has 0 saturated carbocycles. The Labute approximate surface area is 143 Å². The third-order valence-electron chi connectivity index (χ3n) is 3.49. The minimum atomic E-state index is -0.276. The second-order valence-corrected chi connectivity index (χ2v) is 6.68. The van der Waals surface area contributed by atoms with E-state index in [1.807, 2.05) is 49.4 Å². The maximum Gasteiger partial charge on any atom is 0.293 e. The molecule has 0 unspecified atom stereocenters. The number of halogens is 1. The summed E-state index contributed by atoms with van der Waals surface area (Å²) in [6.07, 6.45) is 1.67. The SMILES string of the molecule is Cc1cccc(CN2C(=O)S/C(=C/c3ccccc3Cl)C2=O)c1. The molecule has 3 rings (SSSR count). The second-order valence-electron chi connectivity index (χ2n) is 5.28. The van der Waals surface area contributed by atoms with Crippen molar-refractivity contribution in [3.05, 3.63) is 75.1 Å². The van der Waals surface area contributed by atoms with E-state index in [4.69, 9.17) is 11.6 Å². The van der Waals surface area contributed by atoms with E-state index in [9.17, 15) is 9.59 Å². The number of nitrogens with zero attached hydrogens (tertiary/aromatic N) is 1. The fourth-order valence-corrected chi connectivity index (χ4v) is 3.38. The van der Waals surface area contributed by atoms with Gasteiger partial charge in [0, 0.05) is 5.02 Å². The molecule has 0 aliphatic carbocycles. The highest BCUT2D eigenvalue weighted by Crippen LogP contribution is 2.34. The van der Waals surface area contributed by atoms with Gasteiger partial charge in [0.2, 0.25) is 0 Å². The molecule has 5 heteroatoms. The van der Waals surface area contributed by atoms with Gasteiger partial charge >= 0.3 is 0 Å². The number of carbonyl (C=O) groups is 2. The summed E-state index contributed by atoms with van der Waals surface area (Å²) in [5.74, 6) is -0.276. The van der Waals surface area contributed by atoms with Crippen LogP contribution in [0.15, 0.2) is 53.4 Å². The van der Waals surface area contributed by atoms with Crippen molar-refractivity contribution in [1.82, 2.24) is 4.90 Å². The van der Waals surface area contributed by atoms with Crippen LogP contribution in [0.5, 0.6) is 0 Å². The highest BCUT2D eigenvalue weighted by atomic mass is 35.5. The molecule has 1 heterocycles. The lowest BCUT2D eigenvalue weighted by Gasteiger charge is -2.12. The minimum Gasteiger partial charge on any atom is -0.268 e. The molecule has 1 fully saturated rings. The quantitative estimate of drug-likeness (QED) is 0.745. The van der Waals surface area contributed by atoms with Crippen molar-refractivity contribution in [3.8, 4) is 0 Å². The normalized spacial score (nSPS) is 16.4. The molecular weight excluding hydrogens is 330 g/mol. The van der Waals surface area contributed by atoms with Crippen LogP contribution in [-0.4, -0.2) is 16.0 Å². The first-order chi connectivity index (χ1) is 11.0. The maximum atomic E-state index is 12.5. The van der Waals surface area contributed by atoms with E-state index in [2.05, 4.69) is 0 Å². The van der Waals surface area contributed by atoms with Gasteiger partial charge in [-0.2, -0.15) is 0 Å². The molecule has 0 bridgehead atoms. The molecular formula is C18H14ClNO2S. The number of benzene rings is 2. The lowest BCUT2D eigenvalue weighted by atomic mass is 10.1. The summed E-state index contributed by atoms with van der Waals surface area (Å²) in [4.78, 5) is 26.3. The van der Waals surface area contributed by atoms with Crippen LogP contribution in [-0.2, 0) is 11.3 Å². The fourth-order valence-electron chi connectivity index (χ4n) is 2.36. The number of hydrogen-bond acceptors (Lipinski definition) is 3. The predicted octanol–water partition coefficient (Wildman–Crippen LogP) is 4.88. The fraction of sp³-hybridized carbons (Fsp3) is 0.111. The Morgan fingerprint density at radius 3 is 2.65 bits per heavy atom. The van der Waals surface area contributed by atoms with Crippen LogP contribution in [0.1, 0.15) is 16.7 Å². The molecule has 3 nitrogen and oxygen atoms in total. The number of thioether (sulfide) groups is 1.